The van der Waals surface area contributed by atoms with Crippen molar-refractivity contribution in [1.29, 1.82) is 0 Å². The van der Waals surface area contributed by atoms with Gasteiger partial charge in [0, 0.05) is 71.1 Å². The van der Waals surface area contributed by atoms with Crippen LogP contribution in [0, 0.1) is 29.1 Å². The normalized spacial score (nSPS) is 28.5. The minimum absolute atomic E-state index is 0.0343. The highest BCUT2D eigenvalue weighted by atomic mass is 32.1. The third-order valence-electron chi connectivity index (χ3n) is 12.3. The Bertz CT molecular complexity index is 2080. The van der Waals surface area contributed by atoms with Gasteiger partial charge in [-0.15, -0.1) is 11.3 Å². The number of rotatable bonds is 6. The number of thiazole rings is 1. The van der Waals surface area contributed by atoms with Crippen LogP contribution in [-0.2, 0) is 43.2 Å². The number of amides is 2. The quantitative estimate of drug-likeness (QED) is 0.227. The fraction of sp³-hybridized carbons (Fsp3) is 0.537. The molecule has 0 spiro atoms. The number of nitrogens with zero attached hydrogens (tertiary/aromatic N) is 4. The molecule has 11 nitrogen and oxygen atoms in total. The van der Waals surface area contributed by atoms with Crippen LogP contribution in [0.1, 0.15) is 76.8 Å². The second-order valence-corrected chi connectivity index (χ2v) is 17.3. The molecule has 2 aliphatic carbocycles. The highest BCUT2D eigenvalue weighted by Crippen LogP contribution is 2.46. The first-order valence-corrected chi connectivity index (χ1v) is 19.9. The Morgan fingerprint density at radius 3 is 2.68 bits per heavy atom. The number of methoxy groups -OCH3 is 1. The molecule has 53 heavy (non-hydrogen) atoms. The van der Waals surface area contributed by atoms with E-state index in [9.17, 15) is 14.4 Å². The van der Waals surface area contributed by atoms with Crippen molar-refractivity contribution in [3.63, 3.8) is 0 Å². The first kappa shape index (κ1) is 35.9. The molecule has 3 aliphatic heterocycles. The topological polar surface area (TPSA) is 128 Å². The fourth-order valence-corrected chi connectivity index (χ4v) is 9.64. The predicted octanol–water partition coefficient (Wildman–Crippen LogP) is 6.10. The Balaban J connectivity index is 1.25. The summed E-state index contributed by atoms with van der Waals surface area (Å²) >= 11 is 1.50. The molecule has 4 fully saturated rings. The minimum Gasteiger partial charge on any atom is -0.464 e. The van der Waals surface area contributed by atoms with Crippen LogP contribution in [0.2, 0.25) is 0 Å². The lowest BCUT2D eigenvalue weighted by Crippen LogP contribution is -2.71. The SMILES string of the molecule is CCn1c(-c2cccnc2C(C)OC)c2c3cc(ccc31)-c1csc(n1)CC(NC(=O)C1C(C)C1C)C(=O)N1NC(C(=O)OCC(C)(C)C2)C2CC1C2. The number of carbonyl (C=O) groups is 3. The van der Waals surface area contributed by atoms with Gasteiger partial charge in [0.1, 0.15) is 12.1 Å². The Labute approximate surface area is 314 Å². The number of ether oxygens (including phenoxy) is 2. The number of hydrogen-bond donors (Lipinski definition) is 2. The molecular formula is C41H50N6O5S. The molecule has 280 valence electrons. The standard InChI is InChI=1S/C41H50N6O5S/c1-8-46-32-12-11-24-16-28(32)29(37(46)27-10-9-13-42-35(27)23(4)51-7)18-41(5,6)20-52-40(50)36-25-14-26(15-25)47(45-36)39(49)30(17-33-43-31(24)19-53-33)44-38(48)34-21(2)22(34)3/h9-13,16,19,21-23,25-26,30,34,36,45H,8,14-15,17-18,20H2,1-7H3,(H,44,48). The van der Waals surface area contributed by atoms with Gasteiger partial charge in [-0.05, 0) is 80.7 Å². The smallest absolute Gasteiger partial charge is 0.325 e. The summed E-state index contributed by atoms with van der Waals surface area (Å²) in [6.45, 7) is 13.5. The Morgan fingerprint density at radius 1 is 1.19 bits per heavy atom. The average Bonchev–Trinajstić information content (AvgIpc) is 3.42. The van der Waals surface area contributed by atoms with E-state index >= 15 is 0 Å². The molecule has 5 unspecified atom stereocenters. The number of pyridine rings is 1. The maximum Gasteiger partial charge on any atom is 0.325 e. The van der Waals surface area contributed by atoms with Gasteiger partial charge in [-0.2, -0.15) is 0 Å². The fourth-order valence-electron chi connectivity index (χ4n) is 8.79. The molecular weight excluding hydrogens is 689 g/mol. The Kier molecular flexibility index (Phi) is 9.22. The van der Waals surface area contributed by atoms with Crippen molar-refractivity contribution in [3.05, 3.63) is 58.2 Å². The summed E-state index contributed by atoms with van der Waals surface area (Å²) in [5.41, 5.74) is 9.82. The number of hydrogen-bond acceptors (Lipinski definition) is 9. The lowest BCUT2D eigenvalue weighted by atomic mass is 9.73. The van der Waals surface area contributed by atoms with Gasteiger partial charge in [-0.25, -0.2) is 10.4 Å². The van der Waals surface area contributed by atoms with Gasteiger partial charge in [0.05, 0.1) is 34.8 Å². The zero-order valence-corrected chi connectivity index (χ0v) is 32.5. The molecule has 2 amide bonds. The molecule has 9 rings (SSSR count). The van der Waals surface area contributed by atoms with Gasteiger partial charge in [0.2, 0.25) is 5.91 Å². The minimum atomic E-state index is -0.820. The summed E-state index contributed by atoms with van der Waals surface area (Å²) in [4.78, 5) is 51.5. The van der Waals surface area contributed by atoms with E-state index in [1.165, 1.54) is 11.3 Å². The first-order chi connectivity index (χ1) is 25.4. The largest absolute Gasteiger partial charge is 0.464 e. The molecule has 8 bridgehead atoms. The number of nitrogens with one attached hydrogen (secondary N) is 2. The van der Waals surface area contributed by atoms with Gasteiger partial charge in [0.15, 0.2) is 0 Å². The van der Waals surface area contributed by atoms with E-state index in [1.807, 2.05) is 24.6 Å². The van der Waals surface area contributed by atoms with Crippen molar-refractivity contribution < 1.29 is 23.9 Å². The summed E-state index contributed by atoms with van der Waals surface area (Å²) in [6, 6.07) is 9.09. The van der Waals surface area contributed by atoms with E-state index in [4.69, 9.17) is 19.4 Å². The van der Waals surface area contributed by atoms with Crippen molar-refractivity contribution in [1.82, 2.24) is 30.3 Å². The predicted molar refractivity (Wildman–Crippen MR) is 204 cm³/mol. The van der Waals surface area contributed by atoms with Crippen molar-refractivity contribution in [2.24, 2.45) is 29.1 Å². The molecule has 12 heteroatoms. The van der Waals surface area contributed by atoms with E-state index in [0.717, 1.165) is 56.2 Å². The highest BCUT2D eigenvalue weighted by Gasteiger charge is 2.52. The number of cyclic esters (lactones) is 1. The lowest BCUT2D eigenvalue weighted by molar-refractivity contribution is -0.171. The molecule has 3 aromatic heterocycles. The molecule has 2 saturated heterocycles. The zero-order chi connectivity index (χ0) is 37.3. The molecule has 6 heterocycles. The Hall–Kier alpha value is -4.13. The number of benzene rings is 1. The second-order valence-electron chi connectivity index (χ2n) is 16.4. The summed E-state index contributed by atoms with van der Waals surface area (Å²) in [5, 5.41) is 8.61. The zero-order valence-electron chi connectivity index (χ0n) is 31.6. The number of carbonyl (C=O) groups excluding carboxylic acids is 3. The maximum absolute atomic E-state index is 14.3. The number of fused-ring (bicyclic) bond motifs is 4. The van der Waals surface area contributed by atoms with E-state index in [2.05, 4.69) is 74.2 Å². The van der Waals surface area contributed by atoms with E-state index in [0.29, 0.717) is 19.3 Å². The number of aryl methyl sites for hydroxylation is 1. The van der Waals surface area contributed by atoms with Crippen molar-refractivity contribution >= 4 is 40.0 Å². The summed E-state index contributed by atoms with van der Waals surface area (Å²) in [5.74, 6) is -0.171. The van der Waals surface area contributed by atoms with E-state index in [1.54, 1.807) is 12.1 Å². The molecule has 2 saturated carbocycles. The number of esters is 1. The molecule has 2 N–H and O–H groups in total. The maximum atomic E-state index is 14.3. The lowest BCUT2D eigenvalue weighted by Gasteiger charge is -2.53. The molecule has 5 atom stereocenters. The van der Waals surface area contributed by atoms with Gasteiger partial charge in [-0.1, -0.05) is 33.8 Å². The van der Waals surface area contributed by atoms with Gasteiger partial charge in [0.25, 0.3) is 5.91 Å². The molecule has 5 aliphatic rings. The third kappa shape index (κ3) is 6.36. The Morgan fingerprint density at radius 2 is 1.96 bits per heavy atom. The van der Waals surface area contributed by atoms with Crippen LogP contribution in [0.3, 0.4) is 0 Å². The highest BCUT2D eigenvalue weighted by molar-refractivity contribution is 7.10. The van der Waals surface area contributed by atoms with Gasteiger partial charge in [-0.3, -0.25) is 24.4 Å². The van der Waals surface area contributed by atoms with Crippen molar-refractivity contribution in [2.45, 2.75) is 98.0 Å². The van der Waals surface area contributed by atoms with Crippen molar-refractivity contribution in [3.8, 4) is 22.5 Å². The van der Waals surface area contributed by atoms with Crippen molar-refractivity contribution in [2.75, 3.05) is 13.7 Å². The summed E-state index contributed by atoms with van der Waals surface area (Å²) in [7, 11) is 1.70. The van der Waals surface area contributed by atoms with Crippen LogP contribution in [0.5, 0.6) is 0 Å². The number of hydrazine groups is 1. The summed E-state index contributed by atoms with van der Waals surface area (Å²) in [6.07, 6.45) is 3.92. The van der Waals surface area contributed by atoms with Gasteiger partial charge >= 0.3 is 5.97 Å². The molecule has 4 aromatic rings. The number of aromatic nitrogens is 3. The molecule has 1 aromatic carbocycles. The van der Waals surface area contributed by atoms with Crippen LogP contribution in [-0.4, -0.2) is 69.2 Å². The van der Waals surface area contributed by atoms with E-state index in [-0.39, 0.29) is 66.6 Å². The first-order valence-electron chi connectivity index (χ1n) is 19.0. The van der Waals surface area contributed by atoms with Gasteiger partial charge < -0.3 is 19.4 Å². The molecule has 0 radical (unpaired) electrons. The average molecular weight is 739 g/mol. The second kappa shape index (κ2) is 13.6. The van der Waals surface area contributed by atoms with Crippen LogP contribution >= 0.6 is 11.3 Å². The van der Waals surface area contributed by atoms with Crippen LogP contribution < -0.4 is 10.7 Å². The van der Waals surface area contributed by atoms with Crippen LogP contribution in [0.25, 0.3) is 33.4 Å². The van der Waals surface area contributed by atoms with Crippen LogP contribution in [0.4, 0.5) is 0 Å². The van der Waals surface area contributed by atoms with Crippen LogP contribution in [0.15, 0.2) is 41.9 Å². The summed E-state index contributed by atoms with van der Waals surface area (Å²) < 4.78 is 14.3. The van der Waals surface area contributed by atoms with E-state index < -0.39 is 17.5 Å². The third-order valence-corrected chi connectivity index (χ3v) is 13.2. The monoisotopic (exact) mass is 738 g/mol.